The van der Waals surface area contributed by atoms with Crippen LogP contribution in [-0.2, 0) is 14.3 Å². The zero-order chi connectivity index (χ0) is 19.7. The summed E-state index contributed by atoms with van der Waals surface area (Å²) in [6, 6.07) is 7.29. The Morgan fingerprint density at radius 3 is 2.57 bits per heavy atom. The first-order valence-corrected chi connectivity index (χ1v) is 10.1. The fourth-order valence-electron chi connectivity index (χ4n) is 4.68. The number of amides is 2. The summed E-state index contributed by atoms with van der Waals surface area (Å²) >= 11 is 0. The molecule has 1 N–H and O–H groups in total. The van der Waals surface area contributed by atoms with Gasteiger partial charge >= 0.3 is 5.97 Å². The van der Waals surface area contributed by atoms with Crippen LogP contribution in [0.2, 0.25) is 0 Å². The molecule has 0 saturated carbocycles. The summed E-state index contributed by atoms with van der Waals surface area (Å²) < 4.78 is 5.71. The maximum atomic E-state index is 12.9. The van der Waals surface area contributed by atoms with Crippen molar-refractivity contribution < 1.29 is 24.2 Å². The summed E-state index contributed by atoms with van der Waals surface area (Å²) in [4.78, 5) is 39.9. The van der Waals surface area contributed by atoms with Crippen molar-refractivity contribution in [1.29, 1.82) is 0 Å². The third-order valence-electron chi connectivity index (χ3n) is 6.22. The molecule has 0 aromatic heterocycles. The summed E-state index contributed by atoms with van der Waals surface area (Å²) in [7, 11) is 0. The minimum atomic E-state index is -0.783. The normalized spacial score (nSPS) is 26.1. The van der Waals surface area contributed by atoms with E-state index in [2.05, 4.69) is 0 Å². The largest absolute Gasteiger partial charge is 0.481 e. The van der Waals surface area contributed by atoms with Gasteiger partial charge in [0.1, 0.15) is 0 Å². The third-order valence-corrected chi connectivity index (χ3v) is 6.22. The summed E-state index contributed by atoms with van der Waals surface area (Å²) in [5.41, 5.74) is 1.38. The van der Waals surface area contributed by atoms with E-state index in [1.54, 1.807) is 17.0 Å². The number of carboxylic acid groups (broad SMARTS) is 1. The SMILES string of the molecule is O=C(O)C1CCO[C@H]1C1CCN(C(=O)c2cccc(N3CCCC3=O)c2)CC1. The fourth-order valence-corrected chi connectivity index (χ4v) is 4.68. The molecule has 4 rings (SSSR count). The topological polar surface area (TPSA) is 87.2 Å². The predicted molar refractivity (Wildman–Crippen MR) is 102 cm³/mol. The maximum Gasteiger partial charge on any atom is 0.309 e. The Morgan fingerprint density at radius 2 is 1.89 bits per heavy atom. The summed E-state index contributed by atoms with van der Waals surface area (Å²) in [5, 5.41) is 9.37. The Balaban J connectivity index is 1.39. The van der Waals surface area contributed by atoms with Crippen molar-refractivity contribution in [2.45, 2.75) is 38.2 Å². The minimum absolute atomic E-state index is 0.0333. The molecule has 0 spiro atoms. The second-order valence-corrected chi connectivity index (χ2v) is 7.90. The van der Waals surface area contributed by atoms with Crippen LogP contribution in [0.25, 0.3) is 0 Å². The third kappa shape index (κ3) is 3.63. The van der Waals surface area contributed by atoms with Gasteiger partial charge in [-0.15, -0.1) is 0 Å². The highest BCUT2D eigenvalue weighted by atomic mass is 16.5. The van der Waals surface area contributed by atoms with Crippen molar-refractivity contribution in [3.05, 3.63) is 29.8 Å². The molecular weight excluding hydrogens is 360 g/mol. The van der Waals surface area contributed by atoms with Crippen LogP contribution >= 0.6 is 0 Å². The van der Waals surface area contributed by atoms with E-state index in [4.69, 9.17) is 4.74 Å². The van der Waals surface area contributed by atoms with Gasteiger partial charge in [-0.05, 0) is 49.8 Å². The van der Waals surface area contributed by atoms with E-state index in [0.29, 0.717) is 44.6 Å². The quantitative estimate of drug-likeness (QED) is 0.857. The summed E-state index contributed by atoms with van der Waals surface area (Å²) in [6.45, 7) is 2.40. The molecule has 28 heavy (non-hydrogen) atoms. The number of carbonyl (C=O) groups excluding carboxylic acids is 2. The van der Waals surface area contributed by atoms with Crippen molar-refractivity contribution in [3.63, 3.8) is 0 Å². The molecule has 1 unspecified atom stereocenters. The van der Waals surface area contributed by atoms with Gasteiger partial charge in [-0.1, -0.05) is 6.07 Å². The Hall–Kier alpha value is -2.41. The Bertz CT molecular complexity index is 772. The molecule has 1 aromatic rings. The number of nitrogens with zero attached hydrogens (tertiary/aromatic N) is 2. The highest BCUT2D eigenvalue weighted by molar-refractivity contribution is 5.99. The van der Waals surface area contributed by atoms with E-state index in [1.807, 2.05) is 17.0 Å². The maximum absolute atomic E-state index is 12.9. The van der Waals surface area contributed by atoms with Gasteiger partial charge in [-0.2, -0.15) is 0 Å². The lowest BCUT2D eigenvalue weighted by Crippen LogP contribution is -2.43. The molecule has 3 aliphatic rings. The molecule has 3 saturated heterocycles. The first-order chi connectivity index (χ1) is 13.5. The second kappa shape index (κ2) is 7.91. The van der Waals surface area contributed by atoms with Gasteiger partial charge in [0.15, 0.2) is 0 Å². The molecule has 0 bridgehead atoms. The number of aliphatic carboxylic acids is 1. The molecule has 3 aliphatic heterocycles. The van der Waals surface area contributed by atoms with Gasteiger partial charge in [0.2, 0.25) is 5.91 Å². The van der Waals surface area contributed by atoms with E-state index in [9.17, 15) is 19.5 Å². The Labute approximate surface area is 164 Å². The number of ether oxygens (including phenoxy) is 1. The smallest absolute Gasteiger partial charge is 0.309 e. The summed E-state index contributed by atoms with van der Waals surface area (Å²) in [6.07, 6.45) is 3.26. The van der Waals surface area contributed by atoms with E-state index >= 15 is 0 Å². The van der Waals surface area contributed by atoms with Crippen molar-refractivity contribution >= 4 is 23.5 Å². The Morgan fingerprint density at radius 1 is 1.11 bits per heavy atom. The van der Waals surface area contributed by atoms with E-state index in [0.717, 1.165) is 24.9 Å². The number of hydrogen-bond acceptors (Lipinski definition) is 4. The van der Waals surface area contributed by atoms with Gasteiger partial charge in [-0.3, -0.25) is 14.4 Å². The number of carboxylic acids is 1. The van der Waals surface area contributed by atoms with E-state index in [1.165, 1.54) is 0 Å². The molecule has 7 nitrogen and oxygen atoms in total. The number of carbonyl (C=O) groups is 3. The van der Waals surface area contributed by atoms with Crippen LogP contribution in [0.5, 0.6) is 0 Å². The molecule has 0 aliphatic carbocycles. The average molecular weight is 386 g/mol. The van der Waals surface area contributed by atoms with Gasteiger partial charge in [0.25, 0.3) is 5.91 Å². The van der Waals surface area contributed by atoms with Gasteiger partial charge in [0, 0.05) is 43.9 Å². The van der Waals surface area contributed by atoms with Gasteiger partial charge < -0.3 is 19.6 Å². The molecule has 2 amide bonds. The average Bonchev–Trinajstić information content (AvgIpc) is 3.37. The Kier molecular flexibility index (Phi) is 5.35. The number of benzene rings is 1. The second-order valence-electron chi connectivity index (χ2n) is 7.90. The zero-order valence-corrected chi connectivity index (χ0v) is 15.9. The zero-order valence-electron chi connectivity index (χ0n) is 15.9. The number of piperidine rings is 1. The monoisotopic (exact) mass is 386 g/mol. The van der Waals surface area contributed by atoms with Gasteiger partial charge in [0.05, 0.1) is 12.0 Å². The van der Waals surface area contributed by atoms with Crippen LogP contribution in [0.4, 0.5) is 5.69 Å². The molecule has 3 heterocycles. The lowest BCUT2D eigenvalue weighted by molar-refractivity contribution is -0.145. The van der Waals surface area contributed by atoms with Crippen molar-refractivity contribution in [3.8, 4) is 0 Å². The highest BCUT2D eigenvalue weighted by Crippen LogP contribution is 2.33. The van der Waals surface area contributed by atoms with Crippen molar-refractivity contribution in [1.82, 2.24) is 4.90 Å². The fraction of sp³-hybridized carbons (Fsp3) is 0.571. The van der Waals surface area contributed by atoms with Crippen molar-refractivity contribution in [2.24, 2.45) is 11.8 Å². The molecule has 1 aromatic carbocycles. The van der Waals surface area contributed by atoms with E-state index < -0.39 is 11.9 Å². The predicted octanol–water partition coefficient (Wildman–Crippen LogP) is 2.16. The highest BCUT2D eigenvalue weighted by Gasteiger charge is 2.40. The van der Waals surface area contributed by atoms with Gasteiger partial charge in [-0.25, -0.2) is 0 Å². The van der Waals surface area contributed by atoms with Crippen LogP contribution in [-0.4, -0.2) is 60.1 Å². The molecule has 150 valence electrons. The number of anilines is 1. The van der Waals surface area contributed by atoms with Crippen LogP contribution < -0.4 is 4.90 Å². The first-order valence-electron chi connectivity index (χ1n) is 10.1. The van der Waals surface area contributed by atoms with Crippen LogP contribution in [0, 0.1) is 11.8 Å². The van der Waals surface area contributed by atoms with Crippen LogP contribution in [0.3, 0.4) is 0 Å². The number of rotatable bonds is 4. The molecular formula is C21H26N2O5. The first kappa shape index (κ1) is 18.9. The van der Waals surface area contributed by atoms with Crippen LogP contribution in [0.1, 0.15) is 42.5 Å². The number of hydrogen-bond donors (Lipinski definition) is 1. The number of likely N-dealkylation sites (tertiary alicyclic amines) is 1. The molecule has 2 atom stereocenters. The van der Waals surface area contributed by atoms with Crippen LogP contribution in [0.15, 0.2) is 24.3 Å². The van der Waals surface area contributed by atoms with Crippen molar-refractivity contribution in [2.75, 3.05) is 31.1 Å². The lowest BCUT2D eigenvalue weighted by atomic mass is 9.84. The lowest BCUT2D eigenvalue weighted by Gasteiger charge is -2.35. The summed E-state index contributed by atoms with van der Waals surface area (Å²) in [5.74, 6) is -0.957. The molecule has 3 fully saturated rings. The minimum Gasteiger partial charge on any atom is -0.481 e. The standard InChI is InChI=1S/C21H26N2O5/c24-18-5-2-9-23(18)16-4-1-3-15(13-16)20(25)22-10-6-14(7-11-22)19-17(21(26)27)8-12-28-19/h1,3-4,13-14,17,19H,2,5-12H2,(H,26,27)/t17?,19-/m0/s1. The molecule has 7 heteroatoms. The van der Waals surface area contributed by atoms with E-state index in [-0.39, 0.29) is 23.8 Å². The molecule has 0 radical (unpaired) electrons.